The maximum atomic E-state index is 10.8. The highest BCUT2D eigenvalue weighted by Crippen LogP contribution is 2.36. The Labute approximate surface area is 96.4 Å². The van der Waals surface area contributed by atoms with Crippen molar-refractivity contribution < 1.29 is 19.1 Å². The summed E-state index contributed by atoms with van der Waals surface area (Å²) in [6.45, 7) is 1.77. The minimum atomic E-state index is -1.11. The highest BCUT2D eigenvalue weighted by Gasteiger charge is 2.16. The standard InChI is InChI=1S/C11H9ClO4/c1-5-9-6(3-7(12)10(5)15-2)4-8(16-9)11(13)14/h3-4H,1-2H3,(H,13,14). The SMILES string of the molecule is COc1c(Cl)cc2cc(C(=O)O)oc2c1C. The number of ether oxygens (including phenoxy) is 1. The van der Waals surface area contributed by atoms with Crippen LogP contribution in [-0.4, -0.2) is 18.2 Å². The molecule has 0 spiro atoms. The predicted octanol–water partition coefficient (Wildman–Crippen LogP) is 3.10. The van der Waals surface area contributed by atoms with Gasteiger partial charge in [-0.15, -0.1) is 0 Å². The monoisotopic (exact) mass is 240 g/mol. The van der Waals surface area contributed by atoms with E-state index in [4.69, 9.17) is 25.9 Å². The van der Waals surface area contributed by atoms with Gasteiger partial charge in [0.15, 0.2) is 0 Å². The number of carboxylic acids is 1. The Morgan fingerprint density at radius 3 is 2.75 bits per heavy atom. The number of rotatable bonds is 2. The molecule has 5 heteroatoms. The maximum absolute atomic E-state index is 10.8. The fourth-order valence-electron chi connectivity index (χ4n) is 1.65. The molecule has 1 heterocycles. The largest absolute Gasteiger partial charge is 0.495 e. The van der Waals surface area contributed by atoms with Crippen molar-refractivity contribution in [2.45, 2.75) is 6.92 Å². The number of aromatic carboxylic acids is 1. The summed E-state index contributed by atoms with van der Waals surface area (Å²) < 4.78 is 10.3. The van der Waals surface area contributed by atoms with Gasteiger partial charge in [-0.05, 0) is 19.1 Å². The second-order valence-corrected chi connectivity index (χ2v) is 3.76. The van der Waals surface area contributed by atoms with Gasteiger partial charge in [-0.3, -0.25) is 0 Å². The van der Waals surface area contributed by atoms with Crippen LogP contribution in [0.15, 0.2) is 16.5 Å². The summed E-state index contributed by atoms with van der Waals surface area (Å²) in [6.07, 6.45) is 0. The molecule has 0 radical (unpaired) electrons. The van der Waals surface area contributed by atoms with Crippen molar-refractivity contribution in [2.24, 2.45) is 0 Å². The summed E-state index contributed by atoms with van der Waals surface area (Å²) >= 11 is 5.98. The molecule has 4 nitrogen and oxygen atoms in total. The van der Waals surface area contributed by atoms with E-state index in [1.165, 1.54) is 13.2 Å². The Morgan fingerprint density at radius 2 is 2.19 bits per heavy atom. The van der Waals surface area contributed by atoms with Crippen LogP contribution >= 0.6 is 11.6 Å². The van der Waals surface area contributed by atoms with Crippen LogP contribution in [0.4, 0.5) is 0 Å². The van der Waals surface area contributed by atoms with Crippen molar-refractivity contribution in [1.82, 2.24) is 0 Å². The van der Waals surface area contributed by atoms with Gasteiger partial charge in [0, 0.05) is 10.9 Å². The van der Waals surface area contributed by atoms with Gasteiger partial charge in [0.05, 0.1) is 12.1 Å². The molecule has 0 saturated carbocycles. The van der Waals surface area contributed by atoms with E-state index in [0.717, 1.165) is 0 Å². The van der Waals surface area contributed by atoms with Crippen molar-refractivity contribution >= 4 is 28.5 Å². The summed E-state index contributed by atoms with van der Waals surface area (Å²) in [6, 6.07) is 3.06. The number of hydrogen-bond acceptors (Lipinski definition) is 3. The molecular weight excluding hydrogens is 232 g/mol. The van der Waals surface area contributed by atoms with Crippen LogP contribution in [0.25, 0.3) is 11.0 Å². The zero-order valence-corrected chi connectivity index (χ0v) is 9.46. The van der Waals surface area contributed by atoms with Gasteiger partial charge in [-0.1, -0.05) is 11.6 Å². The van der Waals surface area contributed by atoms with Crippen LogP contribution in [-0.2, 0) is 0 Å². The van der Waals surface area contributed by atoms with E-state index in [1.54, 1.807) is 13.0 Å². The Hall–Kier alpha value is -1.68. The number of fused-ring (bicyclic) bond motifs is 1. The lowest BCUT2D eigenvalue weighted by Gasteiger charge is -2.06. The first-order chi connectivity index (χ1) is 7.54. The maximum Gasteiger partial charge on any atom is 0.371 e. The van der Waals surface area contributed by atoms with Crippen molar-refractivity contribution in [3.63, 3.8) is 0 Å². The summed E-state index contributed by atoms with van der Waals surface area (Å²) in [7, 11) is 1.50. The van der Waals surface area contributed by atoms with Crippen LogP contribution in [0.1, 0.15) is 16.1 Å². The van der Waals surface area contributed by atoms with Gasteiger partial charge < -0.3 is 14.3 Å². The first-order valence-corrected chi connectivity index (χ1v) is 4.92. The van der Waals surface area contributed by atoms with Gasteiger partial charge in [-0.2, -0.15) is 0 Å². The molecule has 16 heavy (non-hydrogen) atoms. The Bertz CT molecular complexity index is 571. The molecule has 0 saturated heterocycles. The third kappa shape index (κ3) is 1.51. The predicted molar refractivity (Wildman–Crippen MR) is 59.5 cm³/mol. The Morgan fingerprint density at radius 1 is 1.50 bits per heavy atom. The third-order valence-electron chi connectivity index (χ3n) is 2.36. The van der Waals surface area contributed by atoms with Gasteiger partial charge in [0.1, 0.15) is 11.3 Å². The number of halogens is 1. The van der Waals surface area contributed by atoms with Crippen LogP contribution in [0.3, 0.4) is 0 Å². The molecule has 0 bridgehead atoms. The van der Waals surface area contributed by atoms with Crippen molar-refractivity contribution in [3.8, 4) is 5.75 Å². The highest BCUT2D eigenvalue weighted by molar-refractivity contribution is 6.33. The van der Waals surface area contributed by atoms with Crippen molar-refractivity contribution in [3.05, 3.63) is 28.5 Å². The zero-order chi connectivity index (χ0) is 11.9. The van der Waals surface area contributed by atoms with Crippen LogP contribution < -0.4 is 4.74 Å². The lowest BCUT2D eigenvalue weighted by molar-refractivity contribution is 0.0665. The quantitative estimate of drug-likeness (QED) is 0.876. The van der Waals surface area contributed by atoms with E-state index in [9.17, 15) is 4.79 Å². The molecule has 0 fully saturated rings. The Balaban J connectivity index is 2.78. The molecule has 2 aromatic rings. The smallest absolute Gasteiger partial charge is 0.371 e. The summed E-state index contributed by atoms with van der Waals surface area (Å²) in [4.78, 5) is 10.8. The Kier molecular flexibility index (Phi) is 2.52. The second kappa shape index (κ2) is 3.72. The molecule has 0 unspecified atom stereocenters. The number of carboxylic acid groups (broad SMARTS) is 1. The minimum Gasteiger partial charge on any atom is -0.495 e. The van der Waals surface area contributed by atoms with E-state index in [2.05, 4.69) is 0 Å². The first-order valence-electron chi connectivity index (χ1n) is 4.54. The average molecular weight is 241 g/mol. The lowest BCUT2D eigenvalue weighted by atomic mass is 10.1. The molecule has 1 aromatic heterocycles. The van der Waals surface area contributed by atoms with Crippen molar-refractivity contribution in [2.75, 3.05) is 7.11 Å². The lowest BCUT2D eigenvalue weighted by Crippen LogP contribution is -1.91. The van der Waals surface area contributed by atoms with E-state index in [-0.39, 0.29) is 5.76 Å². The minimum absolute atomic E-state index is 0.109. The fraction of sp³-hybridized carbons (Fsp3) is 0.182. The highest BCUT2D eigenvalue weighted by atomic mass is 35.5. The molecule has 0 atom stereocenters. The molecule has 1 aromatic carbocycles. The molecule has 0 aliphatic carbocycles. The van der Waals surface area contributed by atoms with Crippen LogP contribution in [0.2, 0.25) is 5.02 Å². The number of methoxy groups -OCH3 is 1. The molecule has 0 aliphatic rings. The molecule has 0 aliphatic heterocycles. The number of benzene rings is 1. The molecule has 1 N–H and O–H groups in total. The average Bonchev–Trinajstić information content (AvgIpc) is 2.62. The molecule has 0 amide bonds. The fourth-order valence-corrected chi connectivity index (χ4v) is 1.98. The number of aryl methyl sites for hydroxylation is 1. The van der Waals surface area contributed by atoms with Crippen LogP contribution in [0, 0.1) is 6.92 Å². The van der Waals surface area contributed by atoms with Crippen LogP contribution in [0.5, 0.6) is 5.75 Å². The van der Waals surface area contributed by atoms with Gasteiger partial charge >= 0.3 is 5.97 Å². The number of hydrogen-bond donors (Lipinski definition) is 1. The number of carbonyl (C=O) groups is 1. The number of furan rings is 1. The normalized spacial score (nSPS) is 10.7. The van der Waals surface area contributed by atoms with Crippen molar-refractivity contribution in [1.29, 1.82) is 0 Å². The summed E-state index contributed by atoms with van der Waals surface area (Å²) in [5, 5.41) is 9.90. The molecular formula is C11H9ClO4. The summed E-state index contributed by atoms with van der Waals surface area (Å²) in [5.41, 5.74) is 1.18. The molecule has 2 rings (SSSR count). The van der Waals surface area contributed by atoms with E-state index in [1.807, 2.05) is 0 Å². The van der Waals surface area contributed by atoms with E-state index < -0.39 is 5.97 Å². The van der Waals surface area contributed by atoms with Gasteiger partial charge in [0.25, 0.3) is 0 Å². The van der Waals surface area contributed by atoms with Gasteiger partial charge in [0.2, 0.25) is 5.76 Å². The van der Waals surface area contributed by atoms with Gasteiger partial charge in [-0.25, -0.2) is 4.79 Å². The van der Waals surface area contributed by atoms with E-state index in [0.29, 0.717) is 27.3 Å². The summed E-state index contributed by atoms with van der Waals surface area (Å²) in [5.74, 6) is -0.714. The first kappa shape index (κ1) is 10.8. The topological polar surface area (TPSA) is 59.7 Å². The molecule has 84 valence electrons. The second-order valence-electron chi connectivity index (χ2n) is 3.35. The zero-order valence-electron chi connectivity index (χ0n) is 8.70. The van der Waals surface area contributed by atoms with E-state index >= 15 is 0 Å². The third-order valence-corrected chi connectivity index (χ3v) is 2.64.